The van der Waals surface area contributed by atoms with Gasteiger partial charge in [-0.2, -0.15) is 0 Å². The summed E-state index contributed by atoms with van der Waals surface area (Å²) in [6.45, 7) is 9.11. The van der Waals surface area contributed by atoms with Crippen molar-refractivity contribution in [1.29, 1.82) is 0 Å². The van der Waals surface area contributed by atoms with Crippen LogP contribution in [0.4, 0.5) is 0 Å². The van der Waals surface area contributed by atoms with Gasteiger partial charge in [-0.25, -0.2) is 0 Å². The van der Waals surface area contributed by atoms with Crippen LogP contribution < -0.4 is 0 Å². The van der Waals surface area contributed by atoms with Crippen LogP contribution in [0.25, 0.3) is 0 Å². The van der Waals surface area contributed by atoms with Gasteiger partial charge in [0.15, 0.2) is 0 Å². The summed E-state index contributed by atoms with van der Waals surface area (Å²) < 4.78 is 3.60. The molecule has 0 saturated heterocycles. The van der Waals surface area contributed by atoms with Crippen LogP contribution in [0.1, 0.15) is 43.4 Å². The maximum Gasteiger partial charge on any atom is -1.00 e. The first-order valence-electron chi connectivity index (χ1n) is 5.60. The van der Waals surface area contributed by atoms with Crippen LogP contribution in [-0.4, -0.2) is 0 Å². The predicted molar refractivity (Wildman–Crippen MR) is 64.4 cm³/mol. The van der Waals surface area contributed by atoms with E-state index in [9.17, 15) is 0 Å². The minimum absolute atomic E-state index is 0. The molecule has 0 heterocycles. The normalized spacial score (nSPS) is 20.8. The summed E-state index contributed by atoms with van der Waals surface area (Å²) in [4.78, 5) is 0. The van der Waals surface area contributed by atoms with Crippen molar-refractivity contribution in [2.24, 2.45) is 0 Å². The minimum atomic E-state index is -0.438. The van der Waals surface area contributed by atoms with Crippen LogP contribution >= 0.6 is 0 Å². The monoisotopic (exact) mass is 278 g/mol. The summed E-state index contributed by atoms with van der Waals surface area (Å²) in [6.07, 6.45) is 7.30. The van der Waals surface area contributed by atoms with Crippen molar-refractivity contribution in [3.05, 3.63) is 41.0 Å². The Labute approximate surface area is 107 Å². The molecule has 0 bridgehead atoms. The smallest absolute Gasteiger partial charge is 1.00 e. The third-order valence-corrected chi connectivity index (χ3v) is 7.95. The molecule has 1 heteroatoms. The van der Waals surface area contributed by atoms with E-state index in [1.807, 2.05) is 0 Å². The Morgan fingerprint density at radius 2 is 1.27 bits per heavy atom. The van der Waals surface area contributed by atoms with Crippen molar-refractivity contribution in [1.82, 2.24) is 0 Å². The van der Waals surface area contributed by atoms with Gasteiger partial charge in [0.25, 0.3) is 0 Å². The molecule has 0 atom stereocenters. The second-order valence-corrected chi connectivity index (χ2v) is 8.10. The Balaban J connectivity index is 0.00000128. The summed E-state index contributed by atoms with van der Waals surface area (Å²) in [7, 11) is 0. The van der Waals surface area contributed by atoms with Crippen LogP contribution in [0.2, 0.25) is 0 Å². The third-order valence-electron chi connectivity index (χ3n) is 3.61. The Hall–Kier alpha value is -0.157. The molecule has 2 aliphatic rings. The van der Waals surface area contributed by atoms with Gasteiger partial charge < -0.3 is 2.85 Å². The van der Waals surface area contributed by atoms with E-state index < -0.39 is 23.2 Å². The van der Waals surface area contributed by atoms with Crippen molar-refractivity contribution >= 4 is 0 Å². The summed E-state index contributed by atoms with van der Waals surface area (Å²) in [5.41, 5.74) is 6.25. The first-order valence-corrected chi connectivity index (χ1v) is 8.06. The Kier molecular flexibility index (Phi) is 3.31. The van der Waals surface area contributed by atoms with Gasteiger partial charge in [0.1, 0.15) is 0 Å². The molecule has 15 heavy (non-hydrogen) atoms. The van der Waals surface area contributed by atoms with E-state index in [1.54, 1.807) is 17.7 Å². The van der Waals surface area contributed by atoms with E-state index in [4.69, 9.17) is 0 Å². The molecule has 2 rings (SSSR count). The van der Waals surface area contributed by atoms with Gasteiger partial charge >= 0.3 is 105 Å². The number of rotatable bonds is 2. The molecule has 0 aromatic rings. The standard InChI is InChI=1S/2C7H9.Zr.2H/c2*1-6-4-3-5-7(6)2;;;/h2*4H,3H2,1-2H3;;;/q;;+2;2*-1. The van der Waals surface area contributed by atoms with Crippen LogP contribution in [-0.2, 0) is 23.2 Å². The topological polar surface area (TPSA) is 0 Å². The minimum Gasteiger partial charge on any atom is -1.00 e. The van der Waals surface area contributed by atoms with Crippen LogP contribution in [0, 0.1) is 0 Å². The largest absolute Gasteiger partial charge is 1.00 e. The van der Waals surface area contributed by atoms with E-state index in [0.29, 0.717) is 0 Å². The number of hydrogen-bond donors (Lipinski definition) is 0. The van der Waals surface area contributed by atoms with Crippen LogP contribution in [0.5, 0.6) is 0 Å². The maximum atomic E-state index is 2.40. The van der Waals surface area contributed by atoms with Crippen molar-refractivity contribution in [3.63, 3.8) is 0 Å². The van der Waals surface area contributed by atoms with Crippen molar-refractivity contribution in [2.45, 2.75) is 40.5 Å². The van der Waals surface area contributed by atoms with E-state index in [2.05, 4.69) is 39.8 Å². The Morgan fingerprint density at radius 3 is 1.53 bits per heavy atom. The van der Waals surface area contributed by atoms with Gasteiger partial charge in [-0.1, -0.05) is 0 Å². The quantitative estimate of drug-likeness (QED) is 0.696. The molecular weight excluding hydrogens is 259 g/mol. The first kappa shape index (κ1) is 11.3. The molecule has 0 aliphatic heterocycles. The van der Waals surface area contributed by atoms with Gasteiger partial charge in [0.05, 0.1) is 0 Å². The van der Waals surface area contributed by atoms with E-state index in [0.717, 1.165) is 0 Å². The Bertz CT molecular complexity index is 386. The molecule has 0 radical (unpaired) electrons. The van der Waals surface area contributed by atoms with Crippen molar-refractivity contribution in [3.8, 4) is 0 Å². The molecule has 80 valence electrons. The molecule has 0 unspecified atom stereocenters. The second kappa shape index (κ2) is 4.38. The van der Waals surface area contributed by atoms with Gasteiger partial charge in [0, 0.05) is 0 Å². The predicted octanol–water partition coefficient (Wildman–Crippen LogP) is 4.54. The number of hydrogen-bond acceptors (Lipinski definition) is 0. The van der Waals surface area contributed by atoms with E-state index in [-0.39, 0.29) is 2.85 Å². The summed E-state index contributed by atoms with van der Waals surface area (Å²) in [5.74, 6) is 0. The van der Waals surface area contributed by atoms with Gasteiger partial charge in [-0.15, -0.1) is 0 Å². The van der Waals surface area contributed by atoms with Gasteiger partial charge in [-0.05, 0) is 0 Å². The zero-order chi connectivity index (χ0) is 11.0. The molecule has 0 spiro atoms. The van der Waals surface area contributed by atoms with Crippen LogP contribution in [0.15, 0.2) is 41.0 Å². The molecule has 0 amide bonds. The summed E-state index contributed by atoms with van der Waals surface area (Å²) >= 11 is -0.438. The van der Waals surface area contributed by atoms with Crippen molar-refractivity contribution < 1.29 is 26.1 Å². The summed E-state index contributed by atoms with van der Waals surface area (Å²) in [5, 5.41) is 0. The molecule has 2 aliphatic carbocycles. The molecule has 0 aromatic carbocycles. The van der Waals surface area contributed by atoms with Crippen LogP contribution in [0.3, 0.4) is 0 Å². The third kappa shape index (κ3) is 2.18. The van der Waals surface area contributed by atoms with Gasteiger partial charge in [-0.3, -0.25) is 0 Å². The average Bonchev–Trinajstić information content (AvgIpc) is 2.68. The molecule has 0 aromatic heterocycles. The first-order chi connectivity index (χ1) is 7.09. The maximum absolute atomic E-state index is 2.40. The molecule has 0 N–H and O–H groups in total. The zero-order valence-electron chi connectivity index (χ0n) is 12.1. The fourth-order valence-corrected chi connectivity index (χ4v) is 5.86. The van der Waals surface area contributed by atoms with E-state index in [1.165, 1.54) is 24.0 Å². The second-order valence-electron chi connectivity index (χ2n) is 4.51. The fourth-order valence-electron chi connectivity index (χ4n) is 2.07. The zero-order valence-corrected chi connectivity index (χ0v) is 12.5. The fraction of sp³-hybridized carbons (Fsp3) is 0.429. The SMILES string of the molecule is CC1=CC[C]([Zr+2][C]2=C(C)C(C)=CC2)=C1C.[H-].[H-]. The summed E-state index contributed by atoms with van der Waals surface area (Å²) in [6, 6.07) is 0. The van der Waals surface area contributed by atoms with Crippen molar-refractivity contribution in [2.75, 3.05) is 0 Å². The molecule has 0 saturated carbocycles. The Morgan fingerprint density at radius 1 is 0.867 bits per heavy atom. The van der Waals surface area contributed by atoms with Gasteiger partial charge in [0.2, 0.25) is 0 Å². The number of allylic oxidation sites excluding steroid dienone is 8. The average molecular weight is 280 g/mol. The molecule has 0 fully saturated rings. The van der Waals surface area contributed by atoms with E-state index >= 15 is 0 Å². The molecular formula is C14H20Zr. The molecule has 0 nitrogen and oxygen atoms in total.